The molecule has 0 aliphatic rings. The first-order chi connectivity index (χ1) is 10.0. The number of hydrogen-bond acceptors (Lipinski definition) is 0. The molecule has 1 rings (SSSR count). The normalized spacial score (nSPS) is 13.1. The van der Waals surface area contributed by atoms with Crippen LogP contribution in [0, 0.1) is 0 Å². The largest absolute Gasteiger partial charge is 0.673 e. The zero-order valence-corrected chi connectivity index (χ0v) is 16.5. The number of benzene rings is 1. The minimum atomic E-state index is -6.00. The van der Waals surface area contributed by atoms with Gasteiger partial charge in [0.05, 0.1) is 15.6 Å². The summed E-state index contributed by atoms with van der Waals surface area (Å²) in [5.74, 6) is 0.624. The molecule has 0 atom stereocenters. The monoisotopic (exact) mass is 352 g/mol. The van der Waals surface area contributed by atoms with Gasteiger partial charge in [0.25, 0.3) is 0 Å². The SMILES string of the molecule is CC(C)c1ccc([PH+](C(C)(C)C)C(C)(C)C)cc1.F[B-](F)(F)F. The Morgan fingerprint density at radius 3 is 1.30 bits per heavy atom. The van der Waals surface area contributed by atoms with E-state index in [1.54, 1.807) is 5.30 Å². The van der Waals surface area contributed by atoms with Crippen LogP contribution in [0.25, 0.3) is 0 Å². The highest BCUT2D eigenvalue weighted by molar-refractivity contribution is 7.68. The molecule has 0 bridgehead atoms. The third kappa shape index (κ3) is 9.34. The quantitative estimate of drug-likeness (QED) is 0.322. The van der Waals surface area contributed by atoms with Crippen LogP contribution in [-0.4, -0.2) is 17.6 Å². The Kier molecular flexibility index (Phi) is 7.81. The molecule has 0 aromatic heterocycles. The standard InChI is InChI=1S/C17H29P.BF4/c1-13(2)14-9-11-15(12-10-14)18(16(3,4)5)17(6,7)8;2-1(3,4)5/h9-13H,1-8H3;/q;-1/p+1. The van der Waals surface area contributed by atoms with Gasteiger partial charge in [0, 0.05) is 7.92 Å². The van der Waals surface area contributed by atoms with E-state index >= 15 is 0 Å². The minimum Gasteiger partial charge on any atom is -0.418 e. The third-order valence-corrected chi connectivity index (χ3v) is 7.28. The Morgan fingerprint density at radius 2 is 1.09 bits per heavy atom. The molecule has 1 aromatic carbocycles. The van der Waals surface area contributed by atoms with Gasteiger partial charge in [0.2, 0.25) is 0 Å². The predicted octanol–water partition coefficient (Wildman–Crippen LogP) is 6.55. The van der Waals surface area contributed by atoms with Crippen molar-refractivity contribution in [3.05, 3.63) is 29.8 Å². The Bertz CT molecular complexity index is 447. The Morgan fingerprint density at radius 1 is 0.783 bits per heavy atom. The fraction of sp³-hybridized carbons (Fsp3) is 0.647. The molecule has 0 nitrogen and oxygen atoms in total. The van der Waals surface area contributed by atoms with Gasteiger partial charge >= 0.3 is 7.25 Å². The van der Waals surface area contributed by atoms with Crippen LogP contribution < -0.4 is 5.30 Å². The first-order valence-corrected chi connectivity index (χ1v) is 9.39. The lowest BCUT2D eigenvalue weighted by molar-refractivity contribution is 0.368. The summed E-state index contributed by atoms with van der Waals surface area (Å²) in [7, 11) is -6.60. The molecule has 0 radical (unpaired) electrons. The van der Waals surface area contributed by atoms with E-state index in [-0.39, 0.29) is 0 Å². The Labute approximate surface area is 139 Å². The van der Waals surface area contributed by atoms with Crippen molar-refractivity contribution in [1.29, 1.82) is 0 Å². The molecule has 0 unspecified atom stereocenters. The maximum Gasteiger partial charge on any atom is 0.673 e. The molecule has 0 aliphatic heterocycles. The van der Waals surface area contributed by atoms with Crippen molar-refractivity contribution in [2.24, 2.45) is 0 Å². The van der Waals surface area contributed by atoms with Gasteiger partial charge in [-0.25, -0.2) is 0 Å². The molecular formula is C17H30BF4P. The number of rotatable bonds is 2. The van der Waals surface area contributed by atoms with Gasteiger partial charge in [-0.15, -0.1) is 0 Å². The molecule has 0 amide bonds. The van der Waals surface area contributed by atoms with Gasteiger partial charge in [-0.3, -0.25) is 0 Å². The number of halogens is 4. The molecule has 0 saturated heterocycles. The van der Waals surface area contributed by atoms with E-state index in [4.69, 9.17) is 0 Å². The van der Waals surface area contributed by atoms with Gasteiger partial charge in [-0.2, -0.15) is 0 Å². The molecular weight excluding hydrogens is 322 g/mol. The van der Waals surface area contributed by atoms with Gasteiger partial charge < -0.3 is 17.3 Å². The van der Waals surface area contributed by atoms with E-state index < -0.39 is 15.2 Å². The average molecular weight is 352 g/mol. The van der Waals surface area contributed by atoms with Crippen LogP contribution in [0.2, 0.25) is 0 Å². The topological polar surface area (TPSA) is 0 Å². The summed E-state index contributed by atoms with van der Waals surface area (Å²) >= 11 is 0. The molecule has 0 spiro atoms. The predicted molar refractivity (Wildman–Crippen MR) is 98.2 cm³/mol. The number of hydrogen-bond donors (Lipinski definition) is 0. The van der Waals surface area contributed by atoms with E-state index in [1.807, 2.05) is 0 Å². The van der Waals surface area contributed by atoms with Gasteiger partial charge in [0.15, 0.2) is 0 Å². The summed E-state index contributed by atoms with van der Waals surface area (Å²) in [6, 6.07) is 9.39. The van der Waals surface area contributed by atoms with Crippen LogP contribution in [0.3, 0.4) is 0 Å². The van der Waals surface area contributed by atoms with Crippen molar-refractivity contribution in [3.8, 4) is 0 Å². The molecule has 0 N–H and O–H groups in total. The zero-order valence-electron chi connectivity index (χ0n) is 15.5. The molecule has 134 valence electrons. The van der Waals surface area contributed by atoms with Crippen LogP contribution in [0.1, 0.15) is 66.9 Å². The average Bonchev–Trinajstić information content (AvgIpc) is 2.23. The van der Waals surface area contributed by atoms with Crippen molar-refractivity contribution in [1.82, 2.24) is 0 Å². The zero-order chi connectivity index (χ0) is 18.6. The summed E-state index contributed by atoms with van der Waals surface area (Å²) in [5.41, 5.74) is 1.45. The van der Waals surface area contributed by atoms with E-state index in [2.05, 4.69) is 79.7 Å². The fourth-order valence-electron chi connectivity index (χ4n) is 3.03. The van der Waals surface area contributed by atoms with E-state index in [0.29, 0.717) is 16.2 Å². The maximum absolute atomic E-state index is 9.75. The summed E-state index contributed by atoms with van der Waals surface area (Å²) in [5, 5.41) is 2.36. The Hall–Kier alpha value is -0.565. The van der Waals surface area contributed by atoms with Crippen LogP contribution in [0.5, 0.6) is 0 Å². The van der Waals surface area contributed by atoms with E-state index in [0.717, 1.165) is 0 Å². The van der Waals surface area contributed by atoms with E-state index in [9.17, 15) is 17.3 Å². The lowest BCUT2D eigenvalue weighted by atomic mass is 10.0. The summed E-state index contributed by atoms with van der Waals surface area (Å²) in [6.45, 7) is 18.9. The van der Waals surface area contributed by atoms with Crippen molar-refractivity contribution < 1.29 is 17.3 Å². The second-order valence-corrected chi connectivity index (χ2v) is 12.5. The molecule has 23 heavy (non-hydrogen) atoms. The summed E-state index contributed by atoms with van der Waals surface area (Å²) in [6.07, 6.45) is 0. The maximum atomic E-state index is 9.75. The van der Waals surface area contributed by atoms with Crippen molar-refractivity contribution >= 4 is 20.5 Å². The molecule has 0 aliphatic carbocycles. The lowest BCUT2D eigenvalue weighted by Gasteiger charge is -2.34. The van der Waals surface area contributed by atoms with Crippen LogP contribution in [-0.2, 0) is 0 Å². The van der Waals surface area contributed by atoms with Crippen LogP contribution in [0.15, 0.2) is 24.3 Å². The summed E-state index contributed by atoms with van der Waals surface area (Å²) < 4.78 is 39.0. The molecule has 0 fully saturated rings. The molecule has 1 aromatic rings. The van der Waals surface area contributed by atoms with E-state index in [1.165, 1.54) is 5.56 Å². The lowest BCUT2D eigenvalue weighted by Crippen LogP contribution is -2.31. The van der Waals surface area contributed by atoms with Gasteiger partial charge in [-0.05, 0) is 65.2 Å². The second-order valence-electron chi connectivity index (χ2n) is 8.15. The molecule has 0 heterocycles. The molecule has 6 heteroatoms. The first kappa shape index (κ1) is 22.4. The molecule has 0 saturated carbocycles. The van der Waals surface area contributed by atoms with Crippen molar-refractivity contribution in [3.63, 3.8) is 0 Å². The van der Waals surface area contributed by atoms with Gasteiger partial charge in [0.1, 0.15) is 0 Å². The second kappa shape index (κ2) is 8.01. The van der Waals surface area contributed by atoms with Gasteiger partial charge in [-0.1, -0.05) is 26.0 Å². The fourth-order valence-corrected chi connectivity index (χ4v) is 7.51. The summed E-state index contributed by atoms with van der Waals surface area (Å²) in [4.78, 5) is 0. The highest BCUT2D eigenvalue weighted by Crippen LogP contribution is 2.58. The highest BCUT2D eigenvalue weighted by Gasteiger charge is 2.43. The van der Waals surface area contributed by atoms with Crippen molar-refractivity contribution in [2.75, 3.05) is 0 Å². The Balaban J connectivity index is 0.000000841. The first-order valence-electron chi connectivity index (χ1n) is 7.89. The highest BCUT2D eigenvalue weighted by atomic mass is 31.1. The smallest absolute Gasteiger partial charge is 0.418 e. The minimum absolute atomic E-state index is 0.391. The van der Waals surface area contributed by atoms with Crippen molar-refractivity contribution in [2.45, 2.75) is 71.6 Å². The third-order valence-electron chi connectivity index (χ3n) is 3.37. The van der Waals surface area contributed by atoms with Crippen LogP contribution in [0.4, 0.5) is 17.3 Å². The van der Waals surface area contributed by atoms with Crippen LogP contribution >= 0.6 is 7.92 Å².